The quantitative estimate of drug-likeness (QED) is 0.737. The Balaban J connectivity index is 1.52. The molecule has 2 aliphatic rings. The van der Waals surface area contributed by atoms with Gasteiger partial charge >= 0.3 is 6.03 Å². The summed E-state index contributed by atoms with van der Waals surface area (Å²) in [5.41, 5.74) is 0.674. The van der Waals surface area contributed by atoms with E-state index in [2.05, 4.69) is 10.3 Å². The molecule has 1 aromatic rings. The molecule has 1 aromatic heterocycles. The summed E-state index contributed by atoms with van der Waals surface area (Å²) in [6.07, 6.45) is 4.83. The van der Waals surface area contributed by atoms with Gasteiger partial charge in [0.05, 0.1) is 25.1 Å². The van der Waals surface area contributed by atoms with E-state index in [-0.39, 0.29) is 6.03 Å². The minimum atomic E-state index is -0.0562. The monoisotopic (exact) mass is 335 g/mol. The van der Waals surface area contributed by atoms with Crippen molar-refractivity contribution in [1.82, 2.24) is 9.88 Å². The number of hydrogen-bond donors (Lipinski definition) is 1. The van der Waals surface area contributed by atoms with Crippen LogP contribution < -0.4 is 10.1 Å². The third-order valence-electron chi connectivity index (χ3n) is 4.25. The SMILES string of the molecule is COCCOc1ccc(NC(=O)N(C[C@@H]2CCOC2)C2CC2)cn1. The standard InChI is InChI=1S/C17H25N3O4/c1-22-8-9-24-16-5-2-14(10-18-16)19-17(21)20(15-3-4-15)11-13-6-7-23-12-13/h2,5,10,13,15H,3-4,6-9,11-12H2,1H3,(H,19,21)/t13-/m0/s1. The third kappa shape index (κ3) is 4.82. The molecule has 0 unspecified atom stereocenters. The molecule has 1 saturated heterocycles. The average Bonchev–Trinajstić information content (AvgIpc) is 3.30. The summed E-state index contributed by atoms with van der Waals surface area (Å²) < 4.78 is 15.8. The molecule has 24 heavy (non-hydrogen) atoms. The van der Waals surface area contributed by atoms with Crippen LogP contribution in [0.5, 0.6) is 5.88 Å². The number of nitrogens with one attached hydrogen (secondary N) is 1. The summed E-state index contributed by atoms with van der Waals surface area (Å²) >= 11 is 0. The first-order chi connectivity index (χ1) is 11.8. The normalized spacial score (nSPS) is 20.0. The number of carbonyl (C=O) groups is 1. The van der Waals surface area contributed by atoms with Gasteiger partial charge in [-0.3, -0.25) is 0 Å². The van der Waals surface area contributed by atoms with Crippen LogP contribution in [0.15, 0.2) is 18.3 Å². The van der Waals surface area contributed by atoms with Gasteiger partial charge in [-0.15, -0.1) is 0 Å². The highest BCUT2D eigenvalue weighted by atomic mass is 16.5. The Hall–Kier alpha value is -1.86. The fourth-order valence-corrected chi connectivity index (χ4v) is 2.75. The topological polar surface area (TPSA) is 72.9 Å². The summed E-state index contributed by atoms with van der Waals surface area (Å²) in [6, 6.07) is 3.86. The third-order valence-corrected chi connectivity index (χ3v) is 4.25. The van der Waals surface area contributed by atoms with Crippen LogP contribution >= 0.6 is 0 Å². The minimum Gasteiger partial charge on any atom is -0.475 e. The van der Waals surface area contributed by atoms with Crippen LogP contribution in [0.25, 0.3) is 0 Å². The second-order valence-corrected chi connectivity index (χ2v) is 6.27. The van der Waals surface area contributed by atoms with Gasteiger partial charge in [-0.1, -0.05) is 0 Å². The molecule has 1 aliphatic carbocycles. The van der Waals surface area contributed by atoms with E-state index in [4.69, 9.17) is 14.2 Å². The zero-order valence-electron chi connectivity index (χ0n) is 14.1. The number of hydrogen-bond acceptors (Lipinski definition) is 5. The van der Waals surface area contributed by atoms with Gasteiger partial charge in [-0.05, 0) is 25.3 Å². The van der Waals surface area contributed by atoms with E-state index in [0.717, 1.165) is 39.0 Å². The summed E-state index contributed by atoms with van der Waals surface area (Å²) in [5.74, 6) is 0.971. The molecule has 0 radical (unpaired) electrons. The highest BCUT2D eigenvalue weighted by Gasteiger charge is 2.34. The van der Waals surface area contributed by atoms with Crippen molar-refractivity contribution in [3.63, 3.8) is 0 Å². The Morgan fingerprint density at radius 1 is 1.38 bits per heavy atom. The largest absolute Gasteiger partial charge is 0.475 e. The van der Waals surface area contributed by atoms with Crippen LogP contribution in [0.2, 0.25) is 0 Å². The summed E-state index contributed by atoms with van der Waals surface area (Å²) in [7, 11) is 1.62. The molecule has 7 nitrogen and oxygen atoms in total. The van der Waals surface area contributed by atoms with Gasteiger partial charge in [-0.25, -0.2) is 9.78 Å². The number of ether oxygens (including phenoxy) is 3. The Labute approximate surface area is 142 Å². The Morgan fingerprint density at radius 2 is 2.25 bits per heavy atom. The molecule has 0 bridgehead atoms. The molecule has 0 aromatic carbocycles. The molecule has 2 fully saturated rings. The van der Waals surface area contributed by atoms with E-state index in [1.807, 2.05) is 4.90 Å². The van der Waals surface area contributed by atoms with Crippen molar-refractivity contribution in [2.24, 2.45) is 5.92 Å². The number of rotatable bonds is 8. The molecule has 0 spiro atoms. The predicted molar refractivity (Wildman–Crippen MR) is 89.3 cm³/mol. The lowest BCUT2D eigenvalue weighted by atomic mass is 10.1. The van der Waals surface area contributed by atoms with E-state index in [0.29, 0.717) is 36.7 Å². The van der Waals surface area contributed by atoms with Crippen molar-refractivity contribution in [2.45, 2.75) is 25.3 Å². The number of anilines is 1. The molecule has 1 atom stereocenters. The first kappa shape index (κ1) is 17.0. The zero-order chi connectivity index (χ0) is 16.8. The fraction of sp³-hybridized carbons (Fsp3) is 0.647. The summed E-state index contributed by atoms with van der Waals surface area (Å²) in [6.45, 7) is 3.29. The number of nitrogens with zero attached hydrogens (tertiary/aromatic N) is 2. The van der Waals surface area contributed by atoms with E-state index < -0.39 is 0 Å². The smallest absolute Gasteiger partial charge is 0.322 e. The molecular weight excluding hydrogens is 310 g/mol. The van der Waals surface area contributed by atoms with Crippen LogP contribution in [-0.2, 0) is 9.47 Å². The number of aromatic nitrogens is 1. The lowest BCUT2D eigenvalue weighted by Crippen LogP contribution is -2.40. The Bertz CT molecular complexity index is 527. The van der Waals surface area contributed by atoms with Gasteiger partial charge in [0, 0.05) is 38.3 Å². The van der Waals surface area contributed by atoms with Crippen LogP contribution in [0, 0.1) is 5.92 Å². The van der Waals surface area contributed by atoms with Crippen molar-refractivity contribution < 1.29 is 19.0 Å². The Morgan fingerprint density at radius 3 is 2.88 bits per heavy atom. The first-order valence-electron chi connectivity index (χ1n) is 8.49. The lowest BCUT2D eigenvalue weighted by molar-refractivity contribution is 0.144. The van der Waals surface area contributed by atoms with E-state index in [1.54, 1.807) is 25.4 Å². The molecule has 1 N–H and O–H groups in total. The minimum absolute atomic E-state index is 0.0562. The number of methoxy groups -OCH3 is 1. The van der Waals surface area contributed by atoms with Gasteiger partial charge in [0.1, 0.15) is 6.61 Å². The number of urea groups is 1. The lowest BCUT2D eigenvalue weighted by Gasteiger charge is -2.25. The second kappa shape index (κ2) is 8.30. The van der Waals surface area contributed by atoms with E-state index in [1.165, 1.54) is 0 Å². The highest BCUT2D eigenvalue weighted by Crippen LogP contribution is 2.29. The maximum Gasteiger partial charge on any atom is 0.322 e. The molecular formula is C17H25N3O4. The maximum absolute atomic E-state index is 12.6. The van der Waals surface area contributed by atoms with Gasteiger partial charge in [0.15, 0.2) is 0 Å². The molecule has 132 valence electrons. The first-order valence-corrected chi connectivity index (χ1v) is 8.49. The zero-order valence-corrected chi connectivity index (χ0v) is 14.1. The summed E-state index contributed by atoms with van der Waals surface area (Å²) in [5, 5.41) is 2.94. The molecule has 2 heterocycles. The van der Waals surface area contributed by atoms with Crippen LogP contribution in [-0.4, -0.2) is 62.0 Å². The van der Waals surface area contributed by atoms with E-state index >= 15 is 0 Å². The van der Waals surface area contributed by atoms with Gasteiger partial charge in [0.2, 0.25) is 5.88 Å². The van der Waals surface area contributed by atoms with Gasteiger partial charge in [0.25, 0.3) is 0 Å². The van der Waals surface area contributed by atoms with Crippen LogP contribution in [0.3, 0.4) is 0 Å². The van der Waals surface area contributed by atoms with Crippen molar-refractivity contribution in [3.8, 4) is 5.88 Å². The van der Waals surface area contributed by atoms with Crippen molar-refractivity contribution in [2.75, 3.05) is 45.4 Å². The number of amides is 2. The number of pyridine rings is 1. The Kier molecular flexibility index (Phi) is 5.87. The maximum atomic E-state index is 12.6. The number of carbonyl (C=O) groups excluding carboxylic acids is 1. The second-order valence-electron chi connectivity index (χ2n) is 6.27. The molecule has 1 saturated carbocycles. The average molecular weight is 335 g/mol. The van der Waals surface area contributed by atoms with Crippen LogP contribution in [0.4, 0.5) is 10.5 Å². The summed E-state index contributed by atoms with van der Waals surface area (Å²) in [4.78, 5) is 18.7. The van der Waals surface area contributed by atoms with Crippen molar-refractivity contribution in [1.29, 1.82) is 0 Å². The molecule has 7 heteroatoms. The van der Waals surface area contributed by atoms with Gasteiger partial charge in [-0.2, -0.15) is 0 Å². The fourth-order valence-electron chi connectivity index (χ4n) is 2.75. The van der Waals surface area contributed by atoms with Crippen molar-refractivity contribution in [3.05, 3.63) is 18.3 Å². The predicted octanol–water partition coefficient (Wildman–Crippen LogP) is 2.14. The van der Waals surface area contributed by atoms with Gasteiger partial charge < -0.3 is 24.4 Å². The molecule has 2 amide bonds. The molecule has 1 aliphatic heterocycles. The molecule has 3 rings (SSSR count). The van der Waals surface area contributed by atoms with E-state index in [9.17, 15) is 4.79 Å². The van der Waals surface area contributed by atoms with Crippen molar-refractivity contribution >= 4 is 11.7 Å². The van der Waals surface area contributed by atoms with Crippen LogP contribution in [0.1, 0.15) is 19.3 Å². The highest BCUT2D eigenvalue weighted by molar-refractivity contribution is 5.89.